The lowest BCUT2D eigenvalue weighted by Crippen LogP contribution is -2.52. The fraction of sp³-hybridized carbons (Fsp3) is 0.529. The van der Waals surface area contributed by atoms with E-state index in [4.69, 9.17) is 0 Å². The van der Waals surface area contributed by atoms with E-state index >= 15 is 0 Å². The molecular weight excluding hydrogens is 290 g/mol. The van der Waals surface area contributed by atoms with Crippen molar-refractivity contribution < 1.29 is 4.79 Å². The Hall–Kier alpha value is -2.24. The normalized spacial score (nSPS) is 15.5. The summed E-state index contributed by atoms with van der Waals surface area (Å²) >= 11 is 0. The molecule has 6 nitrogen and oxygen atoms in total. The lowest BCUT2D eigenvalue weighted by molar-refractivity contribution is -0.127. The van der Waals surface area contributed by atoms with Crippen LogP contribution in [-0.4, -0.2) is 75.0 Å². The molecule has 1 saturated heterocycles. The van der Waals surface area contributed by atoms with Gasteiger partial charge < -0.3 is 20.0 Å². The van der Waals surface area contributed by atoms with Crippen LogP contribution in [0.2, 0.25) is 0 Å². The summed E-state index contributed by atoms with van der Waals surface area (Å²) < 4.78 is 0. The molecule has 1 heterocycles. The van der Waals surface area contributed by atoms with Crippen LogP contribution in [0.1, 0.15) is 6.92 Å². The van der Waals surface area contributed by atoms with Gasteiger partial charge in [-0.25, -0.2) is 4.99 Å². The van der Waals surface area contributed by atoms with Crippen molar-refractivity contribution in [1.82, 2.24) is 15.1 Å². The van der Waals surface area contributed by atoms with Gasteiger partial charge in [0, 0.05) is 52.5 Å². The Labute approximate surface area is 138 Å². The van der Waals surface area contributed by atoms with Crippen molar-refractivity contribution in [2.75, 3.05) is 58.3 Å². The average Bonchev–Trinajstić information content (AvgIpc) is 2.59. The van der Waals surface area contributed by atoms with Crippen molar-refractivity contribution in [2.24, 2.45) is 4.99 Å². The number of para-hydroxylation sites is 1. The second kappa shape index (κ2) is 8.41. The summed E-state index contributed by atoms with van der Waals surface area (Å²) in [7, 11) is 3.51. The van der Waals surface area contributed by atoms with Crippen LogP contribution in [0.15, 0.2) is 35.3 Å². The third-order valence-electron chi connectivity index (χ3n) is 3.90. The Morgan fingerprint density at radius 2 is 1.83 bits per heavy atom. The highest BCUT2D eigenvalue weighted by Gasteiger charge is 2.20. The minimum atomic E-state index is 0.0170. The number of piperazine rings is 1. The molecule has 23 heavy (non-hydrogen) atoms. The Morgan fingerprint density at radius 1 is 1.17 bits per heavy atom. The number of nitrogens with zero attached hydrogens (tertiary/aromatic N) is 4. The zero-order chi connectivity index (χ0) is 16.7. The summed E-state index contributed by atoms with van der Waals surface area (Å²) in [5.41, 5.74) is 1.26. The van der Waals surface area contributed by atoms with Crippen LogP contribution in [0.3, 0.4) is 0 Å². The zero-order valence-corrected chi connectivity index (χ0v) is 14.3. The molecule has 0 radical (unpaired) electrons. The molecule has 0 spiro atoms. The molecule has 0 bridgehead atoms. The van der Waals surface area contributed by atoms with Crippen LogP contribution >= 0.6 is 0 Å². The van der Waals surface area contributed by atoms with E-state index in [-0.39, 0.29) is 12.5 Å². The summed E-state index contributed by atoms with van der Waals surface area (Å²) in [6.07, 6.45) is 0. The van der Waals surface area contributed by atoms with Crippen LogP contribution in [0.4, 0.5) is 5.69 Å². The van der Waals surface area contributed by atoms with Gasteiger partial charge in [0.15, 0.2) is 5.96 Å². The molecule has 6 heteroatoms. The molecule has 1 aromatic rings. The molecule has 1 N–H and O–H groups in total. The predicted molar refractivity (Wildman–Crippen MR) is 94.9 cm³/mol. The Bertz CT molecular complexity index is 521. The van der Waals surface area contributed by atoms with Gasteiger partial charge in [-0.2, -0.15) is 0 Å². The van der Waals surface area contributed by atoms with E-state index in [0.717, 1.165) is 38.7 Å². The van der Waals surface area contributed by atoms with Crippen LogP contribution in [-0.2, 0) is 4.79 Å². The Balaban J connectivity index is 1.94. The first-order chi connectivity index (χ1) is 11.1. The monoisotopic (exact) mass is 317 g/mol. The Kier molecular flexibility index (Phi) is 6.26. The van der Waals surface area contributed by atoms with Crippen molar-refractivity contribution in [3.63, 3.8) is 0 Å². The van der Waals surface area contributed by atoms with Gasteiger partial charge in [-0.3, -0.25) is 4.79 Å². The van der Waals surface area contributed by atoms with Crippen molar-refractivity contribution in [1.29, 1.82) is 0 Å². The summed E-state index contributed by atoms with van der Waals surface area (Å²) in [4.78, 5) is 22.4. The van der Waals surface area contributed by atoms with Gasteiger partial charge in [0.1, 0.15) is 6.54 Å². The number of benzene rings is 1. The molecule has 0 aromatic heterocycles. The fourth-order valence-corrected chi connectivity index (χ4v) is 2.53. The highest BCUT2D eigenvalue weighted by atomic mass is 16.2. The number of likely N-dealkylation sites (N-methyl/N-ethyl adjacent to an activating group) is 1. The molecule has 2 rings (SSSR count). The van der Waals surface area contributed by atoms with E-state index in [1.807, 2.05) is 13.0 Å². The second-order valence-corrected chi connectivity index (χ2v) is 5.77. The molecule has 0 atom stereocenters. The molecule has 1 aromatic carbocycles. The lowest BCUT2D eigenvalue weighted by Gasteiger charge is -2.37. The molecule has 126 valence electrons. The van der Waals surface area contributed by atoms with Gasteiger partial charge in [-0.1, -0.05) is 18.2 Å². The molecule has 1 amide bonds. The first kappa shape index (κ1) is 17.1. The third kappa shape index (κ3) is 4.87. The number of guanidine groups is 1. The molecule has 0 unspecified atom stereocenters. The third-order valence-corrected chi connectivity index (χ3v) is 3.90. The van der Waals surface area contributed by atoms with Crippen molar-refractivity contribution in [3.8, 4) is 0 Å². The summed E-state index contributed by atoms with van der Waals surface area (Å²) in [6.45, 7) is 6.74. The van der Waals surface area contributed by atoms with Crippen LogP contribution in [0.5, 0.6) is 0 Å². The largest absolute Gasteiger partial charge is 0.368 e. The number of aliphatic imine (C=N–C) groups is 1. The maximum atomic E-state index is 11.7. The molecule has 1 fully saturated rings. The van der Waals surface area contributed by atoms with Gasteiger partial charge in [0.25, 0.3) is 0 Å². The zero-order valence-electron chi connectivity index (χ0n) is 14.3. The number of anilines is 1. The average molecular weight is 317 g/mol. The minimum Gasteiger partial charge on any atom is -0.368 e. The first-order valence-corrected chi connectivity index (χ1v) is 8.15. The quantitative estimate of drug-likeness (QED) is 0.661. The van der Waals surface area contributed by atoms with Crippen molar-refractivity contribution >= 4 is 17.6 Å². The molecule has 1 aliphatic heterocycles. The van der Waals surface area contributed by atoms with E-state index in [1.165, 1.54) is 5.69 Å². The van der Waals surface area contributed by atoms with Crippen LogP contribution < -0.4 is 10.2 Å². The summed E-state index contributed by atoms with van der Waals surface area (Å²) in [5, 5.41) is 3.29. The van der Waals surface area contributed by atoms with Gasteiger partial charge >= 0.3 is 0 Å². The number of amides is 1. The molecular formula is C17H27N5O. The SMILES string of the molecule is CCNC(=NCC(=O)N(C)C)N1CCN(c2ccccc2)CC1. The summed E-state index contributed by atoms with van der Waals surface area (Å²) in [5.74, 6) is 0.846. The summed E-state index contributed by atoms with van der Waals surface area (Å²) in [6, 6.07) is 10.5. The number of rotatable bonds is 4. The standard InChI is InChI=1S/C17H27N5O/c1-4-18-17(19-14-16(23)20(2)3)22-12-10-21(11-13-22)15-8-6-5-7-9-15/h5-9H,4,10-14H2,1-3H3,(H,18,19). The number of nitrogens with one attached hydrogen (secondary N) is 1. The second-order valence-electron chi connectivity index (χ2n) is 5.77. The highest BCUT2D eigenvalue weighted by molar-refractivity contribution is 5.85. The number of carbonyl (C=O) groups excluding carboxylic acids is 1. The van der Waals surface area contributed by atoms with E-state index in [2.05, 4.69) is 44.4 Å². The minimum absolute atomic E-state index is 0.0170. The molecule has 0 saturated carbocycles. The topological polar surface area (TPSA) is 51.2 Å². The maximum Gasteiger partial charge on any atom is 0.243 e. The molecule has 0 aliphatic carbocycles. The van der Waals surface area contributed by atoms with Gasteiger partial charge in [-0.15, -0.1) is 0 Å². The van der Waals surface area contributed by atoms with E-state index in [1.54, 1.807) is 19.0 Å². The molecule has 1 aliphatic rings. The lowest BCUT2D eigenvalue weighted by atomic mass is 10.2. The van der Waals surface area contributed by atoms with Crippen molar-refractivity contribution in [2.45, 2.75) is 6.92 Å². The van der Waals surface area contributed by atoms with Gasteiger partial charge in [0.05, 0.1) is 0 Å². The Morgan fingerprint density at radius 3 is 2.39 bits per heavy atom. The predicted octanol–water partition coefficient (Wildman–Crippen LogP) is 0.862. The fourth-order valence-electron chi connectivity index (χ4n) is 2.53. The number of carbonyl (C=O) groups is 1. The first-order valence-electron chi connectivity index (χ1n) is 8.15. The van der Waals surface area contributed by atoms with E-state index in [0.29, 0.717) is 0 Å². The van der Waals surface area contributed by atoms with Gasteiger partial charge in [0.2, 0.25) is 5.91 Å². The number of hydrogen-bond acceptors (Lipinski definition) is 3. The smallest absolute Gasteiger partial charge is 0.243 e. The highest BCUT2D eigenvalue weighted by Crippen LogP contribution is 2.15. The number of hydrogen-bond donors (Lipinski definition) is 1. The maximum absolute atomic E-state index is 11.7. The van der Waals surface area contributed by atoms with Crippen LogP contribution in [0, 0.1) is 0 Å². The van der Waals surface area contributed by atoms with Crippen LogP contribution in [0.25, 0.3) is 0 Å². The van der Waals surface area contributed by atoms with E-state index in [9.17, 15) is 4.79 Å². The van der Waals surface area contributed by atoms with E-state index < -0.39 is 0 Å². The van der Waals surface area contributed by atoms with Gasteiger partial charge in [-0.05, 0) is 19.1 Å². The van der Waals surface area contributed by atoms with Crippen molar-refractivity contribution in [3.05, 3.63) is 30.3 Å².